The van der Waals surface area contributed by atoms with Gasteiger partial charge in [-0.1, -0.05) is 23.7 Å². The van der Waals surface area contributed by atoms with Crippen LogP contribution in [0.5, 0.6) is 0 Å². The number of nitrogens with zero attached hydrogens (tertiary/aromatic N) is 1. The van der Waals surface area contributed by atoms with E-state index in [-0.39, 0.29) is 5.78 Å². The molecule has 1 amide bonds. The van der Waals surface area contributed by atoms with E-state index in [1.807, 2.05) is 33.8 Å². The Kier molecular flexibility index (Phi) is 4.81. The molecule has 0 spiro atoms. The Labute approximate surface area is 136 Å². The summed E-state index contributed by atoms with van der Waals surface area (Å²) in [5.74, 6) is -0.0785. The summed E-state index contributed by atoms with van der Waals surface area (Å²) in [6.45, 7) is 7.89. The van der Waals surface area contributed by atoms with Crippen molar-refractivity contribution < 1.29 is 14.3 Å². The van der Waals surface area contributed by atoms with E-state index in [9.17, 15) is 9.59 Å². The van der Waals surface area contributed by atoms with Crippen molar-refractivity contribution in [1.29, 1.82) is 0 Å². The van der Waals surface area contributed by atoms with Crippen LogP contribution >= 0.6 is 11.6 Å². The van der Waals surface area contributed by atoms with Crippen LogP contribution in [0.1, 0.15) is 49.5 Å². The molecule has 1 fully saturated rings. The third-order valence-corrected chi connectivity index (χ3v) is 4.05. The second-order valence-electron chi connectivity index (χ2n) is 6.66. The molecule has 0 aliphatic carbocycles. The summed E-state index contributed by atoms with van der Waals surface area (Å²) in [5.41, 5.74) is 0.894. The topological polar surface area (TPSA) is 46.6 Å². The van der Waals surface area contributed by atoms with Crippen LogP contribution in [0.25, 0.3) is 0 Å². The van der Waals surface area contributed by atoms with Gasteiger partial charge in [0, 0.05) is 17.1 Å². The molecule has 5 heteroatoms. The molecule has 1 atom stereocenters. The number of ketones is 1. The molecule has 0 unspecified atom stereocenters. The molecule has 0 saturated carbocycles. The van der Waals surface area contributed by atoms with Crippen LogP contribution in [-0.2, 0) is 4.74 Å². The lowest BCUT2D eigenvalue weighted by atomic mass is 10.0. The highest BCUT2D eigenvalue weighted by Gasteiger charge is 2.36. The van der Waals surface area contributed by atoms with Gasteiger partial charge >= 0.3 is 6.09 Å². The number of aryl methyl sites for hydroxylation is 1. The van der Waals surface area contributed by atoms with Crippen LogP contribution in [0.15, 0.2) is 18.2 Å². The Hall–Kier alpha value is -1.55. The third kappa shape index (κ3) is 3.80. The minimum absolute atomic E-state index is 0.0785. The Bertz CT molecular complexity index is 592. The highest BCUT2D eigenvalue weighted by atomic mass is 35.5. The quantitative estimate of drug-likeness (QED) is 0.765. The highest BCUT2D eigenvalue weighted by Crippen LogP contribution is 2.25. The van der Waals surface area contributed by atoms with E-state index in [1.165, 1.54) is 4.90 Å². The normalized spacial score (nSPS) is 18.4. The van der Waals surface area contributed by atoms with Crippen LogP contribution in [0.3, 0.4) is 0 Å². The number of carbonyl (C=O) groups is 2. The summed E-state index contributed by atoms with van der Waals surface area (Å²) in [4.78, 5) is 26.5. The van der Waals surface area contributed by atoms with E-state index in [0.717, 1.165) is 12.0 Å². The molecule has 1 aliphatic heterocycles. The fourth-order valence-corrected chi connectivity index (χ4v) is 2.70. The van der Waals surface area contributed by atoms with Gasteiger partial charge in [-0.25, -0.2) is 4.79 Å². The van der Waals surface area contributed by atoms with Gasteiger partial charge in [-0.2, -0.15) is 0 Å². The maximum Gasteiger partial charge on any atom is 0.410 e. The summed E-state index contributed by atoms with van der Waals surface area (Å²) in [6.07, 6.45) is 1.03. The molecule has 1 aromatic rings. The molecule has 1 aromatic carbocycles. The van der Waals surface area contributed by atoms with E-state index in [2.05, 4.69) is 0 Å². The third-order valence-electron chi connectivity index (χ3n) is 3.64. The lowest BCUT2D eigenvalue weighted by Gasteiger charge is -2.28. The largest absolute Gasteiger partial charge is 0.444 e. The zero-order valence-corrected chi connectivity index (χ0v) is 14.2. The van der Waals surface area contributed by atoms with Gasteiger partial charge in [0.2, 0.25) is 0 Å². The number of ether oxygens (including phenoxy) is 1. The monoisotopic (exact) mass is 323 g/mol. The van der Waals surface area contributed by atoms with Crippen molar-refractivity contribution in [2.24, 2.45) is 0 Å². The highest BCUT2D eigenvalue weighted by molar-refractivity contribution is 6.31. The molecule has 0 N–H and O–H groups in total. The smallest absolute Gasteiger partial charge is 0.410 e. The zero-order valence-electron chi connectivity index (χ0n) is 13.5. The van der Waals surface area contributed by atoms with E-state index in [4.69, 9.17) is 16.3 Å². The lowest BCUT2D eigenvalue weighted by molar-refractivity contribution is 0.0222. The first kappa shape index (κ1) is 16.8. The Morgan fingerprint density at radius 1 is 1.32 bits per heavy atom. The number of amides is 1. The standard InChI is InChI=1S/C17H22ClNO3/c1-11-7-8-12(10-13(11)18)15(20)14-6-5-9-19(14)16(21)22-17(2,3)4/h7-8,10,14H,5-6,9H2,1-4H3/t14-/m0/s1. The van der Waals surface area contributed by atoms with Gasteiger partial charge in [-0.05, 0) is 52.2 Å². The number of benzene rings is 1. The second-order valence-corrected chi connectivity index (χ2v) is 7.07. The summed E-state index contributed by atoms with van der Waals surface area (Å²) in [7, 11) is 0. The maximum atomic E-state index is 12.7. The molecule has 0 radical (unpaired) electrons. The lowest BCUT2D eigenvalue weighted by Crippen LogP contribution is -2.43. The molecule has 1 saturated heterocycles. The number of halogens is 1. The number of rotatable bonds is 2. The molecule has 4 nitrogen and oxygen atoms in total. The van der Waals surface area contributed by atoms with E-state index >= 15 is 0 Å². The average Bonchev–Trinajstić information content (AvgIpc) is 2.88. The van der Waals surface area contributed by atoms with Gasteiger partial charge in [0.15, 0.2) is 5.78 Å². The van der Waals surface area contributed by atoms with E-state index in [1.54, 1.807) is 12.1 Å². The zero-order chi connectivity index (χ0) is 16.5. The molecule has 120 valence electrons. The van der Waals surface area contributed by atoms with Crippen molar-refractivity contribution in [3.63, 3.8) is 0 Å². The molecule has 1 heterocycles. The van der Waals surface area contributed by atoms with Crippen LogP contribution in [-0.4, -0.2) is 35.0 Å². The van der Waals surface area contributed by atoms with Gasteiger partial charge in [0.25, 0.3) is 0 Å². The van der Waals surface area contributed by atoms with Crippen molar-refractivity contribution in [1.82, 2.24) is 4.90 Å². The molecule has 0 bridgehead atoms. The fraction of sp³-hybridized carbons (Fsp3) is 0.529. The van der Waals surface area contributed by atoms with Crippen LogP contribution in [0.4, 0.5) is 4.79 Å². The first-order valence-corrected chi connectivity index (χ1v) is 7.87. The summed E-state index contributed by atoms with van der Waals surface area (Å²) in [6, 6.07) is 4.79. The van der Waals surface area contributed by atoms with Crippen LogP contribution < -0.4 is 0 Å². The summed E-state index contributed by atoms with van der Waals surface area (Å²) >= 11 is 6.09. The Morgan fingerprint density at radius 3 is 2.59 bits per heavy atom. The van der Waals surface area contributed by atoms with Crippen molar-refractivity contribution in [3.05, 3.63) is 34.3 Å². The number of hydrogen-bond donors (Lipinski definition) is 0. The number of Topliss-reactive ketones (excluding diaryl/α,β-unsaturated/α-hetero) is 1. The van der Waals surface area contributed by atoms with Crippen molar-refractivity contribution in [2.75, 3.05) is 6.54 Å². The molecule has 22 heavy (non-hydrogen) atoms. The average molecular weight is 324 g/mol. The minimum atomic E-state index is -0.569. The van der Waals surface area contributed by atoms with Crippen molar-refractivity contribution in [3.8, 4) is 0 Å². The van der Waals surface area contributed by atoms with Crippen LogP contribution in [0, 0.1) is 6.92 Å². The Morgan fingerprint density at radius 2 is 2.00 bits per heavy atom. The van der Waals surface area contributed by atoms with Crippen LogP contribution in [0.2, 0.25) is 5.02 Å². The number of carbonyl (C=O) groups excluding carboxylic acids is 2. The summed E-state index contributed by atoms with van der Waals surface area (Å²) < 4.78 is 5.39. The van der Waals surface area contributed by atoms with E-state index in [0.29, 0.717) is 23.6 Å². The number of hydrogen-bond acceptors (Lipinski definition) is 3. The molecule has 2 rings (SSSR count). The van der Waals surface area contributed by atoms with E-state index < -0.39 is 17.7 Å². The molecular weight excluding hydrogens is 302 g/mol. The van der Waals surface area contributed by atoms with Gasteiger partial charge in [-0.15, -0.1) is 0 Å². The predicted octanol–water partition coefficient (Wildman–Crippen LogP) is 4.23. The molecular formula is C17H22ClNO3. The van der Waals surface area contributed by atoms with Gasteiger partial charge in [0.05, 0.1) is 6.04 Å². The second kappa shape index (κ2) is 6.29. The predicted molar refractivity (Wildman–Crippen MR) is 86.5 cm³/mol. The van der Waals surface area contributed by atoms with Gasteiger partial charge in [0.1, 0.15) is 5.60 Å². The minimum Gasteiger partial charge on any atom is -0.444 e. The molecule has 0 aromatic heterocycles. The Balaban J connectivity index is 2.17. The first-order chi connectivity index (χ1) is 10.2. The fourth-order valence-electron chi connectivity index (χ4n) is 2.52. The summed E-state index contributed by atoms with van der Waals surface area (Å²) in [5, 5.41) is 0.563. The SMILES string of the molecule is Cc1ccc(C(=O)[C@@H]2CCCN2C(=O)OC(C)(C)C)cc1Cl. The van der Waals surface area contributed by atoms with Crippen molar-refractivity contribution in [2.45, 2.75) is 52.2 Å². The number of likely N-dealkylation sites (tertiary alicyclic amines) is 1. The van der Waals surface area contributed by atoms with Crippen molar-refractivity contribution >= 4 is 23.5 Å². The van der Waals surface area contributed by atoms with Gasteiger partial charge in [-0.3, -0.25) is 9.69 Å². The first-order valence-electron chi connectivity index (χ1n) is 7.49. The maximum absolute atomic E-state index is 12.7. The van der Waals surface area contributed by atoms with Gasteiger partial charge < -0.3 is 4.74 Å². The molecule has 1 aliphatic rings.